The van der Waals surface area contributed by atoms with Gasteiger partial charge < -0.3 is 14.8 Å². The quantitative estimate of drug-likeness (QED) is 0.529. The zero-order valence-corrected chi connectivity index (χ0v) is 17.7. The van der Waals surface area contributed by atoms with Crippen LogP contribution in [0.2, 0.25) is 0 Å². The fourth-order valence-electron chi connectivity index (χ4n) is 2.90. The van der Waals surface area contributed by atoms with Crippen LogP contribution < -0.4 is 14.8 Å². The first-order chi connectivity index (χ1) is 14.0. The highest BCUT2D eigenvalue weighted by atomic mass is 79.9. The number of ether oxygens (including phenoxy) is 2. The van der Waals surface area contributed by atoms with E-state index in [0.717, 1.165) is 10.0 Å². The molecule has 0 fully saturated rings. The van der Waals surface area contributed by atoms with Gasteiger partial charge in [0.15, 0.2) is 17.3 Å². The Kier molecular flexibility index (Phi) is 6.67. The Morgan fingerprint density at radius 3 is 2.17 bits per heavy atom. The Labute approximate surface area is 177 Å². The molecule has 0 radical (unpaired) electrons. The first-order valence-corrected chi connectivity index (χ1v) is 9.71. The molecule has 0 saturated carbocycles. The minimum absolute atomic E-state index is 0.200. The summed E-state index contributed by atoms with van der Waals surface area (Å²) in [5, 5.41) is 2.86. The van der Waals surface area contributed by atoms with Crippen LogP contribution in [0.5, 0.6) is 11.5 Å². The third-order valence-electron chi connectivity index (χ3n) is 4.42. The molecule has 0 spiro atoms. The van der Waals surface area contributed by atoms with E-state index < -0.39 is 0 Å². The lowest BCUT2D eigenvalue weighted by molar-refractivity contribution is 0.0939. The number of amides is 1. The summed E-state index contributed by atoms with van der Waals surface area (Å²) in [6.07, 6.45) is 0. The highest BCUT2D eigenvalue weighted by molar-refractivity contribution is 9.10. The van der Waals surface area contributed by atoms with Gasteiger partial charge in [-0.2, -0.15) is 0 Å². The first-order valence-electron chi connectivity index (χ1n) is 8.92. The number of hydrogen-bond acceptors (Lipinski definition) is 4. The fraction of sp³-hybridized carbons (Fsp3) is 0.130. The van der Waals surface area contributed by atoms with Crippen molar-refractivity contribution in [1.29, 1.82) is 0 Å². The lowest BCUT2D eigenvalue weighted by Crippen LogP contribution is -2.25. The van der Waals surface area contributed by atoms with Crippen LogP contribution in [0.15, 0.2) is 71.2 Å². The third kappa shape index (κ3) is 4.84. The molecule has 3 aromatic rings. The van der Waals surface area contributed by atoms with E-state index in [4.69, 9.17) is 9.47 Å². The van der Waals surface area contributed by atoms with Crippen molar-refractivity contribution in [3.8, 4) is 11.5 Å². The van der Waals surface area contributed by atoms with Gasteiger partial charge in [-0.15, -0.1) is 0 Å². The van der Waals surface area contributed by atoms with Crippen LogP contribution in [0.3, 0.4) is 0 Å². The highest BCUT2D eigenvalue weighted by Gasteiger charge is 2.18. The van der Waals surface area contributed by atoms with Crippen molar-refractivity contribution < 1.29 is 19.1 Å². The molecule has 148 valence electrons. The van der Waals surface area contributed by atoms with Crippen LogP contribution >= 0.6 is 15.9 Å². The molecule has 0 aromatic heterocycles. The van der Waals surface area contributed by atoms with Gasteiger partial charge in [0.2, 0.25) is 0 Å². The van der Waals surface area contributed by atoms with Gasteiger partial charge >= 0.3 is 0 Å². The number of rotatable bonds is 7. The lowest BCUT2D eigenvalue weighted by atomic mass is 9.98. The van der Waals surface area contributed by atoms with Gasteiger partial charge in [-0.05, 0) is 48.0 Å². The maximum atomic E-state index is 12.9. The maximum absolute atomic E-state index is 12.9. The molecule has 1 amide bonds. The molecule has 0 saturated heterocycles. The second kappa shape index (κ2) is 9.39. The molecule has 0 aliphatic carbocycles. The second-order valence-electron chi connectivity index (χ2n) is 6.25. The van der Waals surface area contributed by atoms with Gasteiger partial charge in [0.05, 0.1) is 19.8 Å². The summed E-state index contributed by atoms with van der Waals surface area (Å²) in [5.74, 6) is 0.688. The van der Waals surface area contributed by atoms with Crippen LogP contribution in [0.25, 0.3) is 0 Å². The number of ketones is 1. The van der Waals surface area contributed by atoms with Crippen LogP contribution in [0.4, 0.5) is 0 Å². The summed E-state index contributed by atoms with van der Waals surface area (Å²) in [7, 11) is 3.13. The SMILES string of the molecule is COc1ccc(CNC(=O)c2ccccc2C(=O)c2ccc(Br)cc2)cc1OC. The minimum atomic E-state index is -0.319. The van der Waals surface area contributed by atoms with Crippen molar-refractivity contribution in [2.24, 2.45) is 0 Å². The molecule has 0 atom stereocenters. The van der Waals surface area contributed by atoms with E-state index in [-0.39, 0.29) is 11.7 Å². The van der Waals surface area contributed by atoms with E-state index >= 15 is 0 Å². The molecular weight excluding hydrogens is 434 g/mol. The number of hydrogen-bond donors (Lipinski definition) is 1. The second-order valence-corrected chi connectivity index (χ2v) is 7.17. The monoisotopic (exact) mass is 453 g/mol. The smallest absolute Gasteiger partial charge is 0.252 e. The topological polar surface area (TPSA) is 64.6 Å². The fourth-order valence-corrected chi connectivity index (χ4v) is 3.17. The van der Waals surface area contributed by atoms with Crippen LogP contribution in [0.1, 0.15) is 31.8 Å². The molecule has 1 N–H and O–H groups in total. The molecule has 3 aromatic carbocycles. The standard InChI is InChI=1S/C23H20BrNO4/c1-28-20-12-7-15(13-21(20)29-2)14-25-23(27)19-6-4-3-5-18(19)22(26)16-8-10-17(24)11-9-16/h3-13H,14H2,1-2H3,(H,25,27). The Morgan fingerprint density at radius 2 is 1.52 bits per heavy atom. The van der Waals surface area contributed by atoms with Crippen molar-refractivity contribution in [2.45, 2.75) is 6.54 Å². The van der Waals surface area contributed by atoms with Crippen LogP contribution in [0, 0.1) is 0 Å². The van der Waals surface area contributed by atoms with Crippen LogP contribution in [-0.4, -0.2) is 25.9 Å². The molecule has 0 aliphatic heterocycles. The van der Waals surface area contributed by atoms with Gasteiger partial charge in [0, 0.05) is 22.1 Å². The van der Waals surface area contributed by atoms with E-state index in [2.05, 4.69) is 21.2 Å². The molecule has 0 bridgehead atoms. The van der Waals surface area contributed by atoms with E-state index in [0.29, 0.717) is 34.7 Å². The number of nitrogens with one attached hydrogen (secondary N) is 1. The third-order valence-corrected chi connectivity index (χ3v) is 4.95. The molecule has 0 heterocycles. The summed E-state index contributed by atoms with van der Waals surface area (Å²) in [6.45, 7) is 0.292. The van der Waals surface area contributed by atoms with E-state index in [1.807, 2.05) is 6.07 Å². The van der Waals surface area contributed by atoms with Crippen LogP contribution in [-0.2, 0) is 6.54 Å². The predicted molar refractivity (Wildman–Crippen MR) is 115 cm³/mol. The lowest BCUT2D eigenvalue weighted by Gasteiger charge is -2.12. The molecular formula is C23H20BrNO4. The average molecular weight is 454 g/mol. The summed E-state index contributed by atoms with van der Waals surface area (Å²) in [6, 6.07) is 19.3. The van der Waals surface area contributed by atoms with Gasteiger partial charge in [-0.25, -0.2) is 0 Å². The largest absolute Gasteiger partial charge is 0.493 e. The number of carbonyl (C=O) groups is 2. The normalized spacial score (nSPS) is 10.3. The molecule has 6 heteroatoms. The molecule has 5 nitrogen and oxygen atoms in total. The number of halogens is 1. The Hall–Kier alpha value is -3.12. The van der Waals surface area contributed by atoms with Crippen molar-refractivity contribution in [3.63, 3.8) is 0 Å². The highest BCUT2D eigenvalue weighted by Crippen LogP contribution is 2.27. The molecule has 3 rings (SSSR count). The summed E-state index contributed by atoms with van der Waals surface area (Å²) in [4.78, 5) is 25.7. The number of methoxy groups -OCH3 is 2. The molecule has 0 aliphatic rings. The predicted octanol–water partition coefficient (Wildman–Crippen LogP) is 4.63. The van der Waals surface area contributed by atoms with Crippen molar-refractivity contribution >= 4 is 27.6 Å². The average Bonchev–Trinajstić information content (AvgIpc) is 2.77. The Balaban J connectivity index is 1.78. The van der Waals surface area contributed by atoms with E-state index in [1.165, 1.54) is 0 Å². The van der Waals surface area contributed by atoms with Crippen molar-refractivity contribution in [2.75, 3.05) is 14.2 Å². The Bertz CT molecular complexity index is 1030. The van der Waals surface area contributed by atoms with Gasteiger partial charge in [-0.3, -0.25) is 9.59 Å². The zero-order valence-electron chi connectivity index (χ0n) is 16.1. The van der Waals surface area contributed by atoms with Crippen molar-refractivity contribution in [3.05, 3.63) is 93.5 Å². The van der Waals surface area contributed by atoms with E-state index in [1.54, 1.807) is 74.9 Å². The van der Waals surface area contributed by atoms with Gasteiger partial charge in [-0.1, -0.05) is 40.2 Å². The molecule has 29 heavy (non-hydrogen) atoms. The van der Waals surface area contributed by atoms with E-state index in [9.17, 15) is 9.59 Å². The summed E-state index contributed by atoms with van der Waals surface area (Å²) < 4.78 is 11.4. The van der Waals surface area contributed by atoms with Crippen molar-refractivity contribution in [1.82, 2.24) is 5.32 Å². The summed E-state index contributed by atoms with van der Waals surface area (Å²) in [5.41, 5.74) is 2.07. The van der Waals surface area contributed by atoms with Gasteiger partial charge in [0.1, 0.15) is 0 Å². The minimum Gasteiger partial charge on any atom is -0.493 e. The molecule has 0 unspecified atom stereocenters. The Morgan fingerprint density at radius 1 is 0.862 bits per heavy atom. The number of carbonyl (C=O) groups excluding carboxylic acids is 2. The maximum Gasteiger partial charge on any atom is 0.252 e. The first kappa shape index (κ1) is 20.6. The summed E-state index contributed by atoms with van der Waals surface area (Å²) >= 11 is 3.36. The zero-order chi connectivity index (χ0) is 20.8. The number of benzene rings is 3. The van der Waals surface area contributed by atoms with Gasteiger partial charge in [0.25, 0.3) is 5.91 Å².